The Balaban J connectivity index is 2.35. The first-order valence-corrected chi connectivity index (χ1v) is 7.51. The van der Waals surface area contributed by atoms with Crippen molar-refractivity contribution in [3.63, 3.8) is 0 Å². The van der Waals surface area contributed by atoms with Gasteiger partial charge in [-0.2, -0.15) is 0 Å². The van der Waals surface area contributed by atoms with Gasteiger partial charge in [-0.3, -0.25) is 15.2 Å². The van der Waals surface area contributed by atoms with Gasteiger partial charge in [-0.25, -0.2) is 5.84 Å². The molecule has 7 nitrogen and oxygen atoms in total. The zero-order chi connectivity index (χ0) is 17.4. The number of ketones is 1. The van der Waals surface area contributed by atoms with Gasteiger partial charge in [0, 0.05) is 18.5 Å². The number of nitrogens with zero attached hydrogens (tertiary/aromatic N) is 1. The molecule has 1 atom stereocenters. The first-order valence-electron chi connectivity index (χ1n) is 7.51. The molecule has 1 aliphatic rings. The van der Waals surface area contributed by atoms with Gasteiger partial charge in [0.15, 0.2) is 5.78 Å². The Morgan fingerprint density at radius 1 is 1.35 bits per heavy atom. The van der Waals surface area contributed by atoms with Gasteiger partial charge in [-0.15, -0.1) is 0 Å². The van der Waals surface area contributed by atoms with Gasteiger partial charge in [0.05, 0.1) is 12.0 Å². The van der Waals surface area contributed by atoms with Gasteiger partial charge >= 0.3 is 0 Å². The number of nitrogens with two attached hydrogens (primary N) is 2. The number of nitrogens with one attached hydrogen (secondary N) is 1. The number of aromatic hydroxyl groups is 1. The quantitative estimate of drug-likeness (QED) is 0.287. The molecule has 0 amide bonds. The highest BCUT2D eigenvalue weighted by Crippen LogP contribution is 2.43. The van der Waals surface area contributed by atoms with E-state index in [1.54, 1.807) is 6.92 Å². The minimum atomic E-state index is -0.664. The van der Waals surface area contributed by atoms with Gasteiger partial charge in [0.2, 0.25) is 5.96 Å². The highest BCUT2D eigenvalue weighted by Gasteiger charge is 2.39. The number of phenolic OH excluding ortho intramolecular Hbond substituents is 1. The number of aliphatic imine (C=N–C) groups is 1. The number of Topliss-reactive ketones (excluding diaryl/α,β-unsaturated/α-hetero) is 1. The number of carbonyl (C=O) groups is 1. The van der Waals surface area contributed by atoms with E-state index in [4.69, 9.17) is 16.3 Å². The molecule has 1 aromatic rings. The Labute approximate surface area is 135 Å². The van der Waals surface area contributed by atoms with E-state index in [-0.39, 0.29) is 23.9 Å². The van der Waals surface area contributed by atoms with Crippen LogP contribution in [0.2, 0.25) is 0 Å². The molecule has 0 aromatic heterocycles. The Morgan fingerprint density at radius 2 is 2.00 bits per heavy atom. The zero-order valence-corrected chi connectivity index (χ0v) is 14.0. The van der Waals surface area contributed by atoms with Crippen LogP contribution in [0.15, 0.2) is 4.99 Å². The molecule has 23 heavy (non-hydrogen) atoms. The molecule has 1 aromatic carbocycles. The molecule has 0 saturated carbocycles. The minimum Gasteiger partial charge on any atom is -0.507 e. The summed E-state index contributed by atoms with van der Waals surface area (Å²) in [5.41, 5.74) is 9.66. The number of rotatable bonds is 3. The minimum absolute atomic E-state index is 0.0291. The molecule has 0 bridgehead atoms. The first-order chi connectivity index (χ1) is 10.7. The van der Waals surface area contributed by atoms with Crippen molar-refractivity contribution in [3.05, 3.63) is 22.3 Å². The number of ether oxygens (including phenoxy) is 1. The lowest BCUT2D eigenvalue weighted by molar-refractivity contribution is 0.0477. The maximum absolute atomic E-state index is 12.6. The van der Waals surface area contributed by atoms with Crippen LogP contribution < -0.4 is 21.7 Å². The molecule has 2 rings (SSSR count). The molecule has 1 heterocycles. The summed E-state index contributed by atoms with van der Waals surface area (Å²) in [5, 5.41) is 10.2. The third-order valence-corrected chi connectivity index (χ3v) is 4.45. The summed E-state index contributed by atoms with van der Waals surface area (Å²) in [6.07, 6.45) is 0.757. The van der Waals surface area contributed by atoms with Crippen molar-refractivity contribution in [1.29, 1.82) is 0 Å². The number of benzene rings is 1. The van der Waals surface area contributed by atoms with Crippen molar-refractivity contribution in [1.82, 2.24) is 5.43 Å². The summed E-state index contributed by atoms with van der Waals surface area (Å²) >= 11 is 0. The molecule has 7 heteroatoms. The van der Waals surface area contributed by atoms with Gasteiger partial charge in [-0.1, -0.05) is 0 Å². The second-order valence-corrected chi connectivity index (χ2v) is 6.24. The predicted molar refractivity (Wildman–Crippen MR) is 88.7 cm³/mol. The number of fused-ring (bicyclic) bond motifs is 1. The molecule has 0 fully saturated rings. The number of guanidine groups is 1. The summed E-state index contributed by atoms with van der Waals surface area (Å²) in [7, 11) is 0. The van der Waals surface area contributed by atoms with Crippen molar-refractivity contribution in [2.45, 2.75) is 46.1 Å². The molecule has 1 unspecified atom stereocenters. The lowest BCUT2D eigenvalue weighted by atomic mass is 9.85. The normalized spacial score (nSPS) is 20.9. The van der Waals surface area contributed by atoms with Crippen LogP contribution in [0.1, 0.15) is 46.8 Å². The molecule has 6 N–H and O–H groups in total. The van der Waals surface area contributed by atoms with E-state index < -0.39 is 5.60 Å². The Bertz CT molecular complexity index is 685. The Morgan fingerprint density at radius 3 is 2.61 bits per heavy atom. The summed E-state index contributed by atoms with van der Waals surface area (Å²) in [4.78, 5) is 16.7. The van der Waals surface area contributed by atoms with E-state index >= 15 is 0 Å². The van der Waals surface area contributed by atoms with Crippen molar-refractivity contribution < 1.29 is 14.6 Å². The van der Waals surface area contributed by atoms with Gasteiger partial charge in [0.25, 0.3) is 0 Å². The topological polar surface area (TPSA) is 123 Å². The second-order valence-electron chi connectivity index (χ2n) is 6.24. The average Bonchev–Trinajstić information content (AvgIpc) is 2.49. The SMILES string of the molecule is Cc1c(C)c2c(c(C)c1O)C(=O)CC(C)(CCN=C(N)NN)O2. The molecule has 0 aliphatic carbocycles. The van der Waals surface area contributed by atoms with Crippen molar-refractivity contribution in [2.75, 3.05) is 6.54 Å². The fourth-order valence-corrected chi connectivity index (χ4v) is 2.88. The standard InChI is InChI=1S/C16H24N4O3/c1-8-9(2)14-12(10(3)13(8)22)11(21)7-16(4,23-14)5-6-19-15(17)20-18/h22H,5-7,18H2,1-4H3,(H3,17,19,20). The fourth-order valence-electron chi connectivity index (χ4n) is 2.88. The van der Waals surface area contributed by atoms with E-state index in [0.717, 1.165) is 11.1 Å². The largest absolute Gasteiger partial charge is 0.507 e. The van der Waals surface area contributed by atoms with Gasteiger partial charge < -0.3 is 15.6 Å². The lowest BCUT2D eigenvalue weighted by Crippen LogP contribution is -2.41. The van der Waals surface area contributed by atoms with Crippen LogP contribution in [-0.2, 0) is 0 Å². The van der Waals surface area contributed by atoms with Crippen molar-refractivity contribution in [2.24, 2.45) is 16.6 Å². The number of carbonyl (C=O) groups excluding carboxylic acids is 1. The maximum Gasteiger partial charge on any atom is 0.203 e. The van der Waals surface area contributed by atoms with Crippen LogP contribution in [0.5, 0.6) is 11.5 Å². The number of hydrazine groups is 1. The van der Waals surface area contributed by atoms with Crippen LogP contribution >= 0.6 is 0 Å². The third-order valence-electron chi connectivity index (χ3n) is 4.45. The smallest absolute Gasteiger partial charge is 0.203 e. The van der Waals surface area contributed by atoms with Crippen molar-refractivity contribution in [3.8, 4) is 11.5 Å². The summed E-state index contributed by atoms with van der Waals surface area (Å²) in [6.45, 7) is 7.68. The summed E-state index contributed by atoms with van der Waals surface area (Å²) < 4.78 is 6.16. The van der Waals surface area contributed by atoms with Crippen LogP contribution in [0.4, 0.5) is 0 Å². The monoisotopic (exact) mass is 320 g/mol. The summed E-state index contributed by atoms with van der Waals surface area (Å²) in [6, 6.07) is 0. The average molecular weight is 320 g/mol. The fraction of sp³-hybridized carbons (Fsp3) is 0.500. The van der Waals surface area contributed by atoms with Crippen LogP contribution in [-0.4, -0.2) is 29.0 Å². The lowest BCUT2D eigenvalue weighted by Gasteiger charge is -2.36. The predicted octanol–water partition coefficient (Wildman–Crippen LogP) is 1.21. The molecular formula is C16H24N4O3. The third kappa shape index (κ3) is 3.10. The molecule has 0 saturated heterocycles. The first kappa shape index (κ1) is 17.1. The van der Waals surface area contributed by atoms with Gasteiger partial charge in [-0.05, 0) is 38.8 Å². The Hall–Kier alpha value is -2.28. The highest BCUT2D eigenvalue weighted by molar-refractivity contribution is 6.03. The molecule has 0 radical (unpaired) electrons. The van der Waals surface area contributed by atoms with E-state index in [1.807, 2.05) is 20.8 Å². The Kier molecular flexibility index (Phi) is 4.51. The highest BCUT2D eigenvalue weighted by atomic mass is 16.5. The number of hydrogen-bond acceptors (Lipinski definition) is 5. The second kappa shape index (κ2) is 6.08. The van der Waals surface area contributed by atoms with E-state index in [9.17, 15) is 9.90 Å². The van der Waals surface area contributed by atoms with Crippen LogP contribution in [0.3, 0.4) is 0 Å². The maximum atomic E-state index is 12.6. The van der Waals surface area contributed by atoms with E-state index in [0.29, 0.717) is 29.8 Å². The summed E-state index contributed by atoms with van der Waals surface area (Å²) in [5.74, 6) is 6.00. The number of hydrogen-bond donors (Lipinski definition) is 4. The molecule has 1 aliphatic heterocycles. The van der Waals surface area contributed by atoms with Crippen molar-refractivity contribution >= 4 is 11.7 Å². The number of phenols is 1. The van der Waals surface area contributed by atoms with E-state index in [1.165, 1.54) is 0 Å². The molecule has 0 spiro atoms. The van der Waals surface area contributed by atoms with Crippen LogP contribution in [0, 0.1) is 20.8 Å². The zero-order valence-electron chi connectivity index (χ0n) is 14.0. The van der Waals surface area contributed by atoms with E-state index in [2.05, 4.69) is 10.4 Å². The molecule has 126 valence electrons. The van der Waals surface area contributed by atoms with Gasteiger partial charge in [0.1, 0.15) is 17.1 Å². The molecular weight excluding hydrogens is 296 g/mol. The van der Waals surface area contributed by atoms with Crippen LogP contribution in [0.25, 0.3) is 0 Å².